The number of carboxylic acid groups (broad SMARTS) is 1. The smallest absolute Gasteiger partial charge is 0.337 e. The number of rotatable bonds is 3. The number of nitrogens with zero attached hydrogens (tertiary/aromatic N) is 1. The number of aromatic nitrogens is 1. The molecule has 0 unspecified atom stereocenters. The maximum atomic E-state index is 13.2. The lowest BCUT2D eigenvalue weighted by Gasteiger charge is -2.12. The Hall–Kier alpha value is -2.88. The molecule has 23 heavy (non-hydrogen) atoms. The molecule has 0 radical (unpaired) electrons. The summed E-state index contributed by atoms with van der Waals surface area (Å²) in [5.74, 6) is -1.30. The Bertz CT molecular complexity index is 862. The molecule has 0 fully saturated rings. The summed E-state index contributed by atoms with van der Waals surface area (Å²) in [7, 11) is 0. The van der Waals surface area contributed by atoms with Crippen molar-refractivity contribution in [1.29, 1.82) is 0 Å². The first-order chi connectivity index (χ1) is 11.0. The van der Waals surface area contributed by atoms with Crippen LogP contribution in [0, 0.1) is 19.7 Å². The van der Waals surface area contributed by atoms with Crippen LogP contribution in [-0.2, 0) is 0 Å². The monoisotopic (exact) mass is 309 g/mol. The highest BCUT2D eigenvalue weighted by molar-refractivity contribution is 5.91. The number of benzene rings is 2. The second-order valence-corrected chi connectivity index (χ2v) is 5.51. The molecular formula is C19H16FNO2. The molecule has 0 aliphatic carbocycles. The van der Waals surface area contributed by atoms with Crippen LogP contribution in [0.15, 0.2) is 54.6 Å². The Morgan fingerprint density at radius 2 is 1.61 bits per heavy atom. The Kier molecular flexibility index (Phi) is 3.74. The quantitative estimate of drug-likeness (QED) is 0.768. The summed E-state index contributed by atoms with van der Waals surface area (Å²) in [6, 6.07) is 15.5. The molecule has 3 rings (SSSR count). The predicted molar refractivity (Wildman–Crippen MR) is 87.6 cm³/mol. The number of aryl methyl sites for hydroxylation is 1. The van der Waals surface area contributed by atoms with Gasteiger partial charge < -0.3 is 9.67 Å². The lowest BCUT2D eigenvalue weighted by molar-refractivity contribution is 0.0696. The van der Waals surface area contributed by atoms with E-state index in [0.717, 1.165) is 22.5 Å². The molecule has 0 atom stereocenters. The molecule has 0 aliphatic heterocycles. The number of hydrogen-bond donors (Lipinski definition) is 1. The summed E-state index contributed by atoms with van der Waals surface area (Å²) in [5, 5.41) is 9.41. The Balaban J connectivity index is 2.25. The van der Waals surface area contributed by atoms with Crippen molar-refractivity contribution in [3.05, 3.63) is 77.2 Å². The third-order valence-electron chi connectivity index (χ3n) is 3.91. The van der Waals surface area contributed by atoms with Crippen molar-refractivity contribution in [2.45, 2.75) is 13.8 Å². The number of carboxylic acids is 1. The fraction of sp³-hybridized carbons (Fsp3) is 0.105. The first-order valence-electron chi connectivity index (χ1n) is 7.26. The van der Waals surface area contributed by atoms with E-state index in [2.05, 4.69) is 0 Å². The lowest BCUT2D eigenvalue weighted by atomic mass is 10.1. The summed E-state index contributed by atoms with van der Waals surface area (Å²) in [6.45, 7) is 3.77. The van der Waals surface area contributed by atoms with E-state index < -0.39 is 5.97 Å². The third kappa shape index (κ3) is 2.75. The Labute approximate surface area is 133 Å². The van der Waals surface area contributed by atoms with Crippen molar-refractivity contribution < 1.29 is 14.3 Å². The topological polar surface area (TPSA) is 42.2 Å². The molecule has 116 valence electrons. The number of halogens is 1. The second-order valence-electron chi connectivity index (χ2n) is 5.51. The van der Waals surface area contributed by atoms with E-state index in [-0.39, 0.29) is 11.4 Å². The van der Waals surface area contributed by atoms with E-state index in [4.69, 9.17) is 0 Å². The molecule has 0 saturated carbocycles. The van der Waals surface area contributed by atoms with Crippen molar-refractivity contribution in [3.8, 4) is 16.9 Å². The molecule has 2 aromatic carbocycles. The largest absolute Gasteiger partial charge is 0.478 e. The summed E-state index contributed by atoms with van der Waals surface area (Å²) in [6.07, 6.45) is 0. The van der Waals surface area contributed by atoms with E-state index in [1.165, 1.54) is 12.1 Å². The highest BCUT2D eigenvalue weighted by Crippen LogP contribution is 2.29. The Morgan fingerprint density at radius 1 is 1.00 bits per heavy atom. The van der Waals surface area contributed by atoms with Crippen molar-refractivity contribution in [3.63, 3.8) is 0 Å². The predicted octanol–water partition coefficient (Wildman–Crippen LogP) is 4.60. The van der Waals surface area contributed by atoms with Gasteiger partial charge in [0.2, 0.25) is 0 Å². The fourth-order valence-electron chi connectivity index (χ4n) is 2.68. The van der Waals surface area contributed by atoms with E-state index in [1.807, 2.05) is 35.8 Å². The summed E-state index contributed by atoms with van der Waals surface area (Å²) in [5.41, 5.74) is 4.37. The van der Waals surface area contributed by atoms with E-state index in [0.29, 0.717) is 5.69 Å². The maximum absolute atomic E-state index is 13.2. The van der Waals surface area contributed by atoms with Crippen LogP contribution in [0.2, 0.25) is 0 Å². The minimum atomic E-state index is -0.975. The zero-order chi connectivity index (χ0) is 16.6. The molecule has 1 N–H and O–H groups in total. The number of aromatic carboxylic acids is 1. The zero-order valence-corrected chi connectivity index (χ0v) is 12.9. The minimum absolute atomic E-state index is 0.241. The highest BCUT2D eigenvalue weighted by Gasteiger charge is 2.18. The molecule has 1 heterocycles. The molecular weight excluding hydrogens is 293 g/mol. The van der Waals surface area contributed by atoms with Gasteiger partial charge in [-0.3, -0.25) is 0 Å². The Morgan fingerprint density at radius 3 is 2.17 bits per heavy atom. The molecule has 0 saturated heterocycles. The number of hydrogen-bond acceptors (Lipinski definition) is 1. The van der Waals surface area contributed by atoms with E-state index in [1.54, 1.807) is 25.1 Å². The van der Waals surface area contributed by atoms with Gasteiger partial charge >= 0.3 is 5.97 Å². The molecule has 1 aromatic heterocycles. The minimum Gasteiger partial charge on any atom is -0.478 e. The second kappa shape index (κ2) is 5.72. The molecule has 0 aliphatic rings. The summed E-state index contributed by atoms with van der Waals surface area (Å²) >= 11 is 0. The van der Waals surface area contributed by atoms with Crippen molar-refractivity contribution >= 4 is 5.97 Å². The molecule has 3 nitrogen and oxygen atoms in total. The lowest BCUT2D eigenvalue weighted by Crippen LogP contribution is -2.02. The fourth-order valence-corrected chi connectivity index (χ4v) is 2.68. The van der Waals surface area contributed by atoms with Gasteiger partial charge in [0.25, 0.3) is 0 Å². The van der Waals surface area contributed by atoms with Crippen LogP contribution in [0.4, 0.5) is 4.39 Å². The van der Waals surface area contributed by atoms with Crippen LogP contribution < -0.4 is 0 Å². The summed E-state index contributed by atoms with van der Waals surface area (Å²) in [4.78, 5) is 11.5. The molecule has 0 spiro atoms. The van der Waals surface area contributed by atoms with Crippen LogP contribution >= 0.6 is 0 Å². The van der Waals surface area contributed by atoms with Crippen molar-refractivity contribution in [1.82, 2.24) is 4.57 Å². The van der Waals surface area contributed by atoms with Gasteiger partial charge in [-0.25, -0.2) is 9.18 Å². The highest BCUT2D eigenvalue weighted by atomic mass is 19.1. The average Bonchev–Trinajstić information content (AvgIpc) is 2.87. The van der Waals surface area contributed by atoms with E-state index >= 15 is 0 Å². The van der Waals surface area contributed by atoms with Crippen LogP contribution in [0.1, 0.15) is 21.6 Å². The van der Waals surface area contributed by atoms with Crippen LogP contribution in [-0.4, -0.2) is 15.6 Å². The maximum Gasteiger partial charge on any atom is 0.337 e. The normalized spacial score (nSPS) is 10.7. The first kappa shape index (κ1) is 15.0. The van der Waals surface area contributed by atoms with Gasteiger partial charge in [-0.15, -0.1) is 0 Å². The summed E-state index contributed by atoms with van der Waals surface area (Å²) < 4.78 is 15.1. The van der Waals surface area contributed by atoms with Crippen molar-refractivity contribution in [2.75, 3.05) is 0 Å². The van der Waals surface area contributed by atoms with Gasteiger partial charge in [0.05, 0.1) is 11.3 Å². The van der Waals surface area contributed by atoms with Gasteiger partial charge in [-0.1, -0.05) is 17.7 Å². The molecule has 0 bridgehead atoms. The van der Waals surface area contributed by atoms with Gasteiger partial charge in [0.1, 0.15) is 5.82 Å². The van der Waals surface area contributed by atoms with E-state index in [9.17, 15) is 14.3 Å². The SMILES string of the molecule is Cc1ccc(-n2c(-c3ccc(F)cc3)cc(C(=O)O)c2C)cc1. The van der Waals surface area contributed by atoms with Gasteiger partial charge in [0.15, 0.2) is 0 Å². The zero-order valence-electron chi connectivity index (χ0n) is 12.9. The molecule has 4 heteroatoms. The van der Waals surface area contributed by atoms with Crippen LogP contribution in [0.25, 0.3) is 16.9 Å². The molecule has 3 aromatic rings. The van der Waals surface area contributed by atoms with Crippen molar-refractivity contribution in [2.24, 2.45) is 0 Å². The third-order valence-corrected chi connectivity index (χ3v) is 3.91. The average molecular weight is 309 g/mol. The first-order valence-corrected chi connectivity index (χ1v) is 7.26. The molecule has 0 amide bonds. The van der Waals surface area contributed by atoms with Crippen LogP contribution in [0.5, 0.6) is 0 Å². The number of carbonyl (C=O) groups is 1. The van der Waals surface area contributed by atoms with Gasteiger partial charge in [0, 0.05) is 11.4 Å². The van der Waals surface area contributed by atoms with Gasteiger partial charge in [-0.2, -0.15) is 0 Å². The van der Waals surface area contributed by atoms with Gasteiger partial charge in [-0.05, 0) is 61.9 Å². The standard InChI is InChI=1S/C19H16FNO2/c1-12-3-9-16(10-4-12)21-13(2)17(19(22)23)11-18(21)14-5-7-15(20)8-6-14/h3-11H,1-2H3,(H,22,23). The van der Waals surface area contributed by atoms with Crippen LogP contribution in [0.3, 0.4) is 0 Å².